The van der Waals surface area contributed by atoms with E-state index in [-0.39, 0.29) is 5.82 Å². The minimum atomic E-state index is -3.68. The SMILES string of the molecule is NC(=O)C(c1nc2ccccc2[nH]1)P(N)(N)=O. The molecule has 0 fully saturated rings. The molecule has 2 aromatic rings. The Bertz CT molecular complexity index is 584. The van der Waals surface area contributed by atoms with Crippen LogP contribution in [0.5, 0.6) is 0 Å². The Kier molecular flexibility index (Phi) is 2.74. The molecule has 0 aliphatic rings. The average molecular weight is 253 g/mol. The first kappa shape index (κ1) is 11.8. The molecule has 1 heterocycles. The molecule has 0 saturated carbocycles. The normalized spacial score (nSPS) is 13.8. The van der Waals surface area contributed by atoms with Crippen molar-refractivity contribution in [2.45, 2.75) is 5.66 Å². The van der Waals surface area contributed by atoms with Gasteiger partial charge in [0.25, 0.3) is 0 Å². The fourth-order valence-corrected chi connectivity index (χ4v) is 2.53. The third-order valence-corrected chi connectivity index (χ3v) is 3.65. The lowest BCUT2D eigenvalue weighted by Crippen LogP contribution is -2.28. The summed E-state index contributed by atoms with van der Waals surface area (Å²) in [6.07, 6.45) is 0. The van der Waals surface area contributed by atoms with Crippen molar-refractivity contribution in [3.05, 3.63) is 30.1 Å². The Balaban J connectivity index is 2.57. The van der Waals surface area contributed by atoms with Gasteiger partial charge in [-0.1, -0.05) is 12.1 Å². The minimum Gasteiger partial charge on any atom is -0.369 e. The number of carbonyl (C=O) groups is 1. The summed E-state index contributed by atoms with van der Waals surface area (Å²) < 4.78 is 11.6. The Morgan fingerprint density at radius 2 is 2.00 bits per heavy atom. The highest BCUT2D eigenvalue weighted by Crippen LogP contribution is 2.44. The van der Waals surface area contributed by atoms with Gasteiger partial charge in [-0.15, -0.1) is 0 Å². The summed E-state index contributed by atoms with van der Waals surface area (Å²) in [4.78, 5) is 18.2. The molecule has 17 heavy (non-hydrogen) atoms. The summed E-state index contributed by atoms with van der Waals surface area (Å²) in [5.74, 6) is -0.732. The maximum atomic E-state index is 11.6. The van der Waals surface area contributed by atoms with Crippen molar-refractivity contribution in [1.29, 1.82) is 0 Å². The van der Waals surface area contributed by atoms with Gasteiger partial charge < -0.3 is 10.7 Å². The lowest BCUT2D eigenvalue weighted by Gasteiger charge is -2.14. The summed E-state index contributed by atoms with van der Waals surface area (Å²) in [6, 6.07) is 7.10. The molecule has 1 aromatic heterocycles. The van der Waals surface area contributed by atoms with Gasteiger partial charge in [-0.2, -0.15) is 0 Å². The number of amides is 1. The molecule has 2 rings (SSSR count). The van der Waals surface area contributed by atoms with Gasteiger partial charge in [-0.3, -0.25) is 20.4 Å². The van der Waals surface area contributed by atoms with Gasteiger partial charge in [0.2, 0.25) is 13.4 Å². The first-order valence-electron chi connectivity index (χ1n) is 4.80. The monoisotopic (exact) mass is 253 g/mol. The highest BCUT2D eigenvalue weighted by atomic mass is 31.2. The zero-order valence-corrected chi connectivity index (χ0v) is 9.72. The fourth-order valence-electron chi connectivity index (χ4n) is 1.63. The number of carbonyl (C=O) groups excluding carboxylic acids is 1. The van der Waals surface area contributed by atoms with E-state index < -0.39 is 19.0 Å². The molecule has 1 amide bonds. The van der Waals surface area contributed by atoms with E-state index in [2.05, 4.69) is 9.97 Å². The topological polar surface area (TPSA) is 141 Å². The van der Waals surface area contributed by atoms with E-state index in [1.807, 2.05) is 0 Å². The fraction of sp³-hybridized carbons (Fsp3) is 0.111. The summed E-state index contributed by atoms with van der Waals surface area (Å²) in [5.41, 5.74) is 15.8. The lowest BCUT2D eigenvalue weighted by molar-refractivity contribution is -0.117. The van der Waals surface area contributed by atoms with Crippen molar-refractivity contribution in [2.24, 2.45) is 16.7 Å². The molecule has 0 aliphatic heterocycles. The maximum Gasteiger partial charge on any atom is 0.238 e. The van der Waals surface area contributed by atoms with E-state index in [1.165, 1.54) is 0 Å². The number of hydrogen-bond donors (Lipinski definition) is 4. The van der Waals surface area contributed by atoms with Gasteiger partial charge in [0.1, 0.15) is 5.82 Å². The van der Waals surface area contributed by atoms with Gasteiger partial charge in [0, 0.05) is 0 Å². The van der Waals surface area contributed by atoms with Gasteiger partial charge in [0.05, 0.1) is 11.0 Å². The zero-order valence-electron chi connectivity index (χ0n) is 8.83. The van der Waals surface area contributed by atoms with Gasteiger partial charge >= 0.3 is 0 Å². The van der Waals surface area contributed by atoms with Crippen LogP contribution in [0.4, 0.5) is 0 Å². The van der Waals surface area contributed by atoms with E-state index in [1.54, 1.807) is 24.3 Å². The number of primary amides is 1. The van der Waals surface area contributed by atoms with Crippen molar-refractivity contribution >= 4 is 24.4 Å². The number of aromatic amines is 1. The van der Waals surface area contributed by atoms with Gasteiger partial charge in [-0.25, -0.2) is 4.98 Å². The maximum absolute atomic E-state index is 11.6. The quantitative estimate of drug-likeness (QED) is 0.578. The first-order valence-corrected chi connectivity index (χ1v) is 6.72. The molecule has 8 heteroatoms. The van der Waals surface area contributed by atoms with Crippen LogP contribution in [0.1, 0.15) is 11.5 Å². The van der Waals surface area contributed by atoms with Crippen molar-refractivity contribution < 1.29 is 9.36 Å². The predicted molar refractivity (Wildman–Crippen MR) is 64.0 cm³/mol. The smallest absolute Gasteiger partial charge is 0.238 e. The molecule has 0 spiro atoms. The largest absolute Gasteiger partial charge is 0.369 e. The standard InChI is InChI=1S/C9H12N5O2P/c10-8(15)7(17(11,12)16)9-13-5-3-1-2-4-6(5)14-9/h1-4,7H,(H2,10,15)(H,13,14)(H4,11,12,16). The third-order valence-electron chi connectivity index (χ3n) is 2.34. The summed E-state index contributed by atoms with van der Waals surface area (Å²) in [5, 5.41) is 0. The molecule has 1 unspecified atom stereocenters. The molecular weight excluding hydrogens is 241 g/mol. The van der Waals surface area contributed by atoms with Gasteiger partial charge in [-0.05, 0) is 12.1 Å². The number of nitrogens with zero attached hydrogens (tertiary/aromatic N) is 1. The van der Waals surface area contributed by atoms with Crippen molar-refractivity contribution in [2.75, 3.05) is 0 Å². The average Bonchev–Trinajstić information content (AvgIpc) is 2.56. The number of nitrogens with one attached hydrogen (secondary N) is 1. The summed E-state index contributed by atoms with van der Waals surface area (Å²) in [6.45, 7) is 0. The Labute approximate surface area is 96.9 Å². The number of H-pyrrole nitrogens is 1. The van der Waals surface area contributed by atoms with Crippen LogP contribution in [0.25, 0.3) is 11.0 Å². The van der Waals surface area contributed by atoms with Crippen molar-refractivity contribution in [3.63, 3.8) is 0 Å². The number of benzene rings is 1. The van der Waals surface area contributed by atoms with E-state index in [4.69, 9.17) is 16.7 Å². The number of para-hydroxylation sites is 2. The van der Waals surface area contributed by atoms with Gasteiger partial charge in [0.15, 0.2) is 5.66 Å². The van der Waals surface area contributed by atoms with Crippen LogP contribution < -0.4 is 16.7 Å². The zero-order chi connectivity index (χ0) is 12.6. The third kappa shape index (κ3) is 2.21. The summed E-state index contributed by atoms with van der Waals surface area (Å²) >= 11 is 0. The van der Waals surface area contributed by atoms with Crippen LogP contribution in [0.3, 0.4) is 0 Å². The van der Waals surface area contributed by atoms with Crippen LogP contribution in [0, 0.1) is 0 Å². The second kappa shape index (κ2) is 3.96. The van der Waals surface area contributed by atoms with Crippen LogP contribution in [-0.2, 0) is 9.36 Å². The van der Waals surface area contributed by atoms with Crippen LogP contribution in [0.15, 0.2) is 24.3 Å². The first-order chi connectivity index (χ1) is 7.89. The molecule has 0 aliphatic carbocycles. The molecule has 0 radical (unpaired) electrons. The van der Waals surface area contributed by atoms with Crippen LogP contribution in [0.2, 0.25) is 0 Å². The van der Waals surface area contributed by atoms with E-state index in [9.17, 15) is 9.36 Å². The Morgan fingerprint density at radius 3 is 2.53 bits per heavy atom. The molecule has 90 valence electrons. The lowest BCUT2D eigenvalue weighted by atomic mass is 10.3. The van der Waals surface area contributed by atoms with E-state index in [0.29, 0.717) is 11.0 Å². The summed E-state index contributed by atoms with van der Waals surface area (Å²) in [7, 11) is -3.68. The number of aromatic nitrogens is 2. The Hall–Kier alpha value is -1.69. The van der Waals surface area contributed by atoms with E-state index in [0.717, 1.165) is 0 Å². The van der Waals surface area contributed by atoms with Crippen LogP contribution in [-0.4, -0.2) is 15.9 Å². The molecule has 1 atom stereocenters. The number of fused-ring (bicyclic) bond motifs is 1. The van der Waals surface area contributed by atoms with E-state index >= 15 is 0 Å². The molecular formula is C9H12N5O2P. The second-order valence-corrected chi connectivity index (χ2v) is 5.75. The Morgan fingerprint density at radius 1 is 1.35 bits per heavy atom. The molecule has 0 saturated heterocycles. The number of hydrogen-bond acceptors (Lipinski definition) is 3. The van der Waals surface area contributed by atoms with Crippen molar-refractivity contribution in [1.82, 2.24) is 9.97 Å². The molecule has 1 aromatic carbocycles. The minimum absolute atomic E-state index is 0.132. The molecule has 7 nitrogen and oxygen atoms in total. The number of rotatable bonds is 3. The second-order valence-electron chi connectivity index (χ2n) is 3.71. The molecule has 7 N–H and O–H groups in total. The highest BCUT2D eigenvalue weighted by Gasteiger charge is 2.34. The van der Waals surface area contributed by atoms with Crippen molar-refractivity contribution in [3.8, 4) is 0 Å². The highest BCUT2D eigenvalue weighted by molar-refractivity contribution is 7.60. The van der Waals surface area contributed by atoms with Crippen LogP contribution >= 0.6 is 7.44 Å². The molecule has 0 bridgehead atoms. The number of nitrogens with two attached hydrogens (primary N) is 3. The number of imidazole rings is 1. The predicted octanol–water partition coefficient (Wildman–Crippen LogP) is 0.200.